The minimum Gasteiger partial charge on any atom is -0.382 e. The highest BCUT2D eigenvalue weighted by Crippen LogP contribution is 2.36. The second-order valence-corrected chi connectivity index (χ2v) is 4.52. The van der Waals surface area contributed by atoms with Crippen LogP contribution < -0.4 is 5.32 Å². The van der Waals surface area contributed by atoms with Crippen LogP contribution in [0.5, 0.6) is 0 Å². The maximum absolute atomic E-state index is 12.8. The van der Waals surface area contributed by atoms with Crippen LogP contribution in [-0.2, 0) is 10.9 Å². The van der Waals surface area contributed by atoms with Crippen LogP contribution in [0.15, 0.2) is 18.2 Å². The summed E-state index contributed by atoms with van der Waals surface area (Å²) >= 11 is 5.59. The van der Waals surface area contributed by atoms with E-state index in [1.807, 2.05) is 6.92 Å². The molecule has 0 spiro atoms. The molecule has 19 heavy (non-hydrogen) atoms. The zero-order chi connectivity index (χ0) is 14.3. The van der Waals surface area contributed by atoms with Crippen molar-refractivity contribution in [1.82, 2.24) is 0 Å². The lowest BCUT2D eigenvalue weighted by Gasteiger charge is -2.15. The van der Waals surface area contributed by atoms with Gasteiger partial charge in [-0.15, -0.1) is 0 Å². The lowest BCUT2D eigenvalue weighted by atomic mass is 10.1. The van der Waals surface area contributed by atoms with Crippen molar-refractivity contribution in [2.75, 3.05) is 25.1 Å². The standard InChI is InChI=1S/C13H17ClF3NO/c1-2-3-7-19-8-6-18-12-5-4-10(14)9-11(12)13(15,16)17/h4-5,9,18H,2-3,6-8H2,1H3. The molecule has 1 aromatic rings. The van der Waals surface area contributed by atoms with Gasteiger partial charge in [-0.1, -0.05) is 24.9 Å². The fourth-order valence-corrected chi connectivity index (χ4v) is 1.68. The molecule has 2 nitrogen and oxygen atoms in total. The average Bonchev–Trinajstić information content (AvgIpc) is 2.34. The van der Waals surface area contributed by atoms with Gasteiger partial charge in [0.25, 0.3) is 0 Å². The Morgan fingerprint density at radius 2 is 2.00 bits per heavy atom. The van der Waals surface area contributed by atoms with E-state index < -0.39 is 11.7 Å². The molecule has 108 valence electrons. The Kier molecular flexibility index (Phi) is 6.45. The molecule has 0 aliphatic rings. The Balaban J connectivity index is 2.54. The Bertz CT molecular complexity index is 396. The molecular formula is C13H17ClF3NO. The highest BCUT2D eigenvalue weighted by atomic mass is 35.5. The summed E-state index contributed by atoms with van der Waals surface area (Å²) in [5.41, 5.74) is -0.732. The van der Waals surface area contributed by atoms with Crippen molar-refractivity contribution in [2.24, 2.45) is 0 Å². The summed E-state index contributed by atoms with van der Waals surface area (Å²) in [5, 5.41) is 2.79. The van der Waals surface area contributed by atoms with Gasteiger partial charge in [0.1, 0.15) is 0 Å². The maximum atomic E-state index is 12.8. The number of alkyl halides is 3. The number of nitrogens with one attached hydrogen (secondary N) is 1. The minimum absolute atomic E-state index is 0.0241. The Morgan fingerprint density at radius 3 is 2.63 bits per heavy atom. The summed E-state index contributed by atoms with van der Waals surface area (Å²) in [6.07, 6.45) is -2.44. The topological polar surface area (TPSA) is 21.3 Å². The molecule has 6 heteroatoms. The molecule has 0 atom stereocenters. The van der Waals surface area contributed by atoms with Gasteiger partial charge in [-0.25, -0.2) is 0 Å². The second kappa shape index (κ2) is 7.60. The van der Waals surface area contributed by atoms with Gasteiger partial charge < -0.3 is 10.1 Å². The average molecular weight is 296 g/mol. The predicted octanol–water partition coefficient (Wildman–Crippen LogP) is 4.59. The summed E-state index contributed by atoms with van der Waals surface area (Å²) in [5.74, 6) is 0. The monoisotopic (exact) mass is 295 g/mol. The van der Waals surface area contributed by atoms with Crippen molar-refractivity contribution >= 4 is 17.3 Å². The number of unbranched alkanes of at least 4 members (excludes halogenated alkanes) is 1. The van der Waals surface area contributed by atoms with E-state index in [4.69, 9.17) is 16.3 Å². The molecule has 1 aromatic carbocycles. The first-order valence-electron chi connectivity index (χ1n) is 6.13. The van der Waals surface area contributed by atoms with Crippen LogP contribution >= 0.6 is 11.6 Å². The lowest BCUT2D eigenvalue weighted by molar-refractivity contribution is -0.136. The Labute approximate surface area is 115 Å². The van der Waals surface area contributed by atoms with Crippen molar-refractivity contribution in [2.45, 2.75) is 25.9 Å². The predicted molar refractivity (Wildman–Crippen MR) is 70.7 cm³/mol. The molecule has 1 rings (SSSR count). The fourth-order valence-electron chi connectivity index (χ4n) is 1.51. The number of halogens is 4. The van der Waals surface area contributed by atoms with Gasteiger partial charge in [0.15, 0.2) is 0 Å². The normalized spacial score (nSPS) is 11.6. The molecule has 0 radical (unpaired) electrons. The third kappa shape index (κ3) is 5.70. The molecular weight excluding hydrogens is 279 g/mol. The highest BCUT2D eigenvalue weighted by molar-refractivity contribution is 6.30. The molecule has 0 fully saturated rings. The van der Waals surface area contributed by atoms with Crippen LogP contribution in [0.1, 0.15) is 25.3 Å². The largest absolute Gasteiger partial charge is 0.418 e. The van der Waals surface area contributed by atoms with Gasteiger partial charge in [0.2, 0.25) is 0 Å². The number of hydrogen-bond donors (Lipinski definition) is 1. The van der Waals surface area contributed by atoms with Crippen LogP contribution in [0.4, 0.5) is 18.9 Å². The summed E-state index contributed by atoms with van der Waals surface area (Å²) in [7, 11) is 0. The first-order valence-corrected chi connectivity index (χ1v) is 6.51. The summed E-state index contributed by atoms with van der Waals surface area (Å²) < 4.78 is 43.6. The molecule has 0 aliphatic heterocycles. The number of ether oxygens (including phenoxy) is 1. The van der Waals surface area contributed by atoms with Crippen molar-refractivity contribution in [3.8, 4) is 0 Å². The summed E-state index contributed by atoms with van der Waals surface area (Å²) in [6.45, 7) is 3.38. The van der Waals surface area contributed by atoms with Crippen LogP contribution in [0.3, 0.4) is 0 Å². The second-order valence-electron chi connectivity index (χ2n) is 4.08. The van der Waals surface area contributed by atoms with Crippen molar-refractivity contribution in [3.63, 3.8) is 0 Å². The maximum Gasteiger partial charge on any atom is 0.418 e. The zero-order valence-corrected chi connectivity index (χ0v) is 11.4. The van der Waals surface area contributed by atoms with Gasteiger partial charge in [0, 0.05) is 23.9 Å². The third-order valence-corrected chi connectivity index (χ3v) is 2.73. The molecule has 0 unspecified atom stereocenters. The zero-order valence-electron chi connectivity index (χ0n) is 10.7. The number of rotatable bonds is 7. The molecule has 1 N–H and O–H groups in total. The van der Waals surface area contributed by atoms with Crippen molar-refractivity contribution < 1.29 is 17.9 Å². The SMILES string of the molecule is CCCCOCCNc1ccc(Cl)cc1C(F)(F)F. The van der Waals surface area contributed by atoms with Gasteiger partial charge >= 0.3 is 6.18 Å². The van der Waals surface area contributed by atoms with Crippen LogP contribution in [-0.4, -0.2) is 19.8 Å². The minimum atomic E-state index is -4.42. The van der Waals surface area contributed by atoms with Crippen LogP contribution in [0, 0.1) is 0 Å². The van der Waals surface area contributed by atoms with Crippen molar-refractivity contribution in [1.29, 1.82) is 0 Å². The van der Waals surface area contributed by atoms with E-state index >= 15 is 0 Å². The molecule has 0 aliphatic carbocycles. The molecule has 0 bridgehead atoms. The first-order chi connectivity index (χ1) is 8.95. The number of hydrogen-bond acceptors (Lipinski definition) is 2. The summed E-state index contributed by atoms with van der Waals surface area (Å²) in [6, 6.07) is 3.68. The van der Waals surface area contributed by atoms with E-state index in [9.17, 15) is 13.2 Å². The third-order valence-electron chi connectivity index (χ3n) is 2.49. The van der Waals surface area contributed by atoms with E-state index in [2.05, 4.69) is 5.32 Å². The fraction of sp³-hybridized carbons (Fsp3) is 0.538. The van der Waals surface area contributed by atoms with E-state index in [1.165, 1.54) is 12.1 Å². The lowest BCUT2D eigenvalue weighted by Crippen LogP contribution is -2.14. The van der Waals surface area contributed by atoms with Crippen LogP contribution in [0.2, 0.25) is 5.02 Å². The first kappa shape index (κ1) is 16.1. The molecule has 0 amide bonds. The van der Waals surface area contributed by atoms with E-state index in [-0.39, 0.29) is 10.7 Å². The smallest absolute Gasteiger partial charge is 0.382 e. The molecule has 0 saturated heterocycles. The van der Waals surface area contributed by atoms with E-state index in [0.29, 0.717) is 19.8 Å². The Hall–Kier alpha value is -0.940. The molecule has 0 saturated carbocycles. The summed E-state index contributed by atoms with van der Waals surface area (Å²) in [4.78, 5) is 0. The van der Waals surface area contributed by atoms with Crippen LogP contribution in [0.25, 0.3) is 0 Å². The van der Waals surface area contributed by atoms with Gasteiger partial charge in [-0.3, -0.25) is 0 Å². The van der Waals surface area contributed by atoms with Gasteiger partial charge in [0.05, 0.1) is 12.2 Å². The molecule has 0 heterocycles. The van der Waals surface area contributed by atoms with E-state index in [0.717, 1.165) is 18.9 Å². The van der Waals surface area contributed by atoms with E-state index in [1.54, 1.807) is 0 Å². The highest BCUT2D eigenvalue weighted by Gasteiger charge is 2.33. The Morgan fingerprint density at radius 1 is 1.26 bits per heavy atom. The quantitative estimate of drug-likeness (QED) is 0.743. The molecule has 0 aromatic heterocycles. The van der Waals surface area contributed by atoms with Crippen molar-refractivity contribution in [3.05, 3.63) is 28.8 Å². The number of benzene rings is 1. The van der Waals surface area contributed by atoms with Gasteiger partial charge in [-0.2, -0.15) is 13.2 Å². The van der Waals surface area contributed by atoms with Gasteiger partial charge in [-0.05, 0) is 24.6 Å². The number of anilines is 1.